The standard InChI is InChI=1S/C28H34F2S/c1-2-3-4-5-6-7-22-10-16-25(17-11-22)26-18-12-23(13-19-26)8-9-24-14-20-27(21-15-24)31-28(29)30/h12-15,18-22,25,28H,2-7,10-11,16-17H2,1H3. The molecule has 166 valence electrons. The molecule has 2 aromatic carbocycles. The van der Waals surface area contributed by atoms with Crippen molar-refractivity contribution < 1.29 is 8.78 Å². The molecular weight excluding hydrogens is 406 g/mol. The van der Waals surface area contributed by atoms with E-state index in [4.69, 9.17) is 0 Å². The van der Waals surface area contributed by atoms with Crippen molar-refractivity contribution in [2.24, 2.45) is 5.92 Å². The third kappa shape index (κ3) is 8.34. The topological polar surface area (TPSA) is 0 Å². The molecule has 0 radical (unpaired) electrons. The van der Waals surface area contributed by atoms with Gasteiger partial charge in [-0.25, -0.2) is 0 Å². The van der Waals surface area contributed by atoms with E-state index in [0.29, 0.717) is 22.6 Å². The van der Waals surface area contributed by atoms with Crippen LogP contribution in [0.2, 0.25) is 0 Å². The Balaban J connectivity index is 1.45. The first-order valence-electron chi connectivity index (χ1n) is 11.8. The normalized spacial score (nSPS) is 18.6. The molecule has 1 fully saturated rings. The van der Waals surface area contributed by atoms with Crippen LogP contribution in [0.4, 0.5) is 8.78 Å². The largest absolute Gasteiger partial charge is 0.288 e. The minimum Gasteiger partial charge on any atom is -0.198 e. The maximum atomic E-state index is 12.4. The Labute approximate surface area is 191 Å². The van der Waals surface area contributed by atoms with Crippen molar-refractivity contribution in [1.82, 2.24) is 0 Å². The van der Waals surface area contributed by atoms with Crippen molar-refractivity contribution in [2.75, 3.05) is 0 Å². The summed E-state index contributed by atoms with van der Waals surface area (Å²) < 4.78 is 24.8. The summed E-state index contributed by atoms with van der Waals surface area (Å²) in [5.41, 5.74) is 3.28. The van der Waals surface area contributed by atoms with E-state index in [1.807, 2.05) is 0 Å². The molecule has 0 spiro atoms. The van der Waals surface area contributed by atoms with E-state index in [-0.39, 0.29) is 0 Å². The molecule has 0 atom stereocenters. The SMILES string of the molecule is CCCCCCCC1CCC(c2ccc(C#Cc3ccc(SC(F)F)cc3)cc2)CC1. The lowest BCUT2D eigenvalue weighted by Crippen LogP contribution is -2.13. The van der Waals surface area contributed by atoms with E-state index in [2.05, 4.69) is 43.0 Å². The van der Waals surface area contributed by atoms with Crippen molar-refractivity contribution in [3.8, 4) is 11.8 Å². The Morgan fingerprint density at radius 2 is 1.39 bits per heavy atom. The van der Waals surface area contributed by atoms with E-state index in [1.54, 1.807) is 24.3 Å². The highest BCUT2D eigenvalue weighted by molar-refractivity contribution is 7.99. The van der Waals surface area contributed by atoms with Crippen LogP contribution in [-0.4, -0.2) is 5.76 Å². The first kappa shape index (κ1) is 23.9. The van der Waals surface area contributed by atoms with Crippen LogP contribution < -0.4 is 0 Å². The predicted molar refractivity (Wildman–Crippen MR) is 129 cm³/mol. The summed E-state index contributed by atoms with van der Waals surface area (Å²) in [4.78, 5) is 0.566. The average Bonchev–Trinajstić information content (AvgIpc) is 2.79. The highest BCUT2D eigenvalue weighted by atomic mass is 32.2. The van der Waals surface area contributed by atoms with Gasteiger partial charge in [0.15, 0.2) is 0 Å². The van der Waals surface area contributed by atoms with E-state index in [1.165, 1.54) is 69.8 Å². The van der Waals surface area contributed by atoms with Crippen molar-refractivity contribution in [3.05, 3.63) is 65.2 Å². The molecule has 1 aliphatic rings. The van der Waals surface area contributed by atoms with Gasteiger partial charge < -0.3 is 0 Å². The van der Waals surface area contributed by atoms with Gasteiger partial charge in [0.1, 0.15) is 0 Å². The van der Waals surface area contributed by atoms with Gasteiger partial charge in [-0.05, 0) is 79.5 Å². The van der Waals surface area contributed by atoms with E-state index in [0.717, 1.165) is 17.0 Å². The molecular formula is C28H34F2S. The molecule has 3 rings (SSSR count). The quantitative estimate of drug-likeness (QED) is 0.213. The van der Waals surface area contributed by atoms with Crippen LogP contribution in [0.5, 0.6) is 0 Å². The molecule has 0 unspecified atom stereocenters. The number of halogens is 2. The molecule has 0 aromatic heterocycles. The smallest absolute Gasteiger partial charge is 0.198 e. The number of thioether (sulfide) groups is 1. The van der Waals surface area contributed by atoms with Gasteiger partial charge in [0.2, 0.25) is 0 Å². The number of unbranched alkanes of at least 4 members (excludes halogenated alkanes) is 4. The first-order valence-corrected chi connectivity index (χ1v) is 12.7. The lowest BCUT2D eigenvalue weighted by Gasteiger charge is -2.29. The van der Waals surface area contributed by atoms with Gasteiger partial charge in [0.05, 0.1) is 0 Å². The van der Waals surface area contributed by atoms with Crippen LogP contribution in [0.25, 0.3) is 0 Å². The van der Waals surface area contributed by atoms with Crippen LogP contribution in [0, 0.1) is 17.8 Å². The summed E-state index contributed by atoms with van der Waals surface area (Å²) in [6.45, 7) is 2.28. The second kappa shape index (κ2) is 12.9. The first-order chi connectivity index (χ1) is 15.1. The van der Waals surface area contributed by atoms with E-state index in [9.17, 15) is 8.78 Å². The molecule has 0 bridgehead atoms. The second-order valence-electron chi connectivity index (χ2n) is 8.70. The molecule has 1 saturated carbocycles. The minimum atomic E-state index is -2.39. The van der Waals surface area contributed by atoms with Gasteiger partial charge in [-0.2, -0.15) is 8.78 Å². The van der Waals surface area contributed by atoms with Crippen LogP contribution >= 0.6 is 11.8 Å². The monoisotopic (exact) mass is 440 g/mol. The van der Waals surface area contributed by atoms with Gasteiger partial charge in [0, 0.05) is 16.0 Å². The zero-order valence-corrected chi connectivity index (χ0v) is 19.4. The van der Waals surface area contributed by atoms with Crippen molar-refractivity contribution in [1.29, 1.82) is 0 Å². The highest BCUT2D eigenvalue weighted by Gasteiger charge is 2.21. The van der Waals surface area contributed by atoms with Crippen LogP contribution in [0.1, 0.15) is 93.7 Å². The number of hydrogen-bond acceptors (Lipinski definition) is 1. The molecule has 3 heteroatoms. The van der Waals surface area contributed by atoms with Gasteiger partial charge in [-0.1, -0.05) is 81.2 Å². The summed E-state index contributed by atoms with van der Waals surface area (Å²) in [6, 6.07) is 15.7. The molecule has 0 nitrogen and oxygen atoms in total. The van der Waals surface area contributed by atoms with E-state index < -0.39 is 5.76 Å². The summed E-state index contributed by atoms with van der Waals surface area (Å²) in [6.07, 6.45) is 13.7. The Hall–Kier alpha value is -1.79. The molecule has 0 saturated heterocycles. The Bertz CT molecular complexity index is 822. The predicted octanol–water partition coefficient (Wildman–Crippen LogP) is 9.04. The van der Waals surface area contributed by atoms with Gasteiger partial charge in [0.25, 0.3) is 5.76 Å². The van der Waals surface area contributed by atoms with Gasteiger partial charge in [-0.3, -0.25) is 0 Å². The maximum absolute atomic E-state index is 12.4. The number of benzene rings is 2. The van der Waals surface area contributed by atoms with Gasteiger partial charge in [-0.15, -0.1) is 0 Å². The minimum absolute atomic E-state index is 0.562. The number of rotatable bonds is 9. The number of alkyl halides is 2. The summed E-state index contributed by atoms with van der Waals surface area (Å²) in [7, 11) is 0. The molecule has 0 amide bonds. The fraction of sp³-hybridized carbons (Fsp3) is 0.500. The summed E-state index contributed by atoms with van der Waals surface area (Å²) in [5.74, 6) is 5.57. The Morgan fingerprint density at radius 1 is 0.806 bits per heavy atom. The Kier molecular flexibility index (Phi) is 9.94. The highest BCUT2D eigenvalue weighted by Crippen LogP contribution is 2.37. The fourth-order valence-electron chi connectivity index (χ4n) is 4.52. The molecule has 1 aliphatic carbocycles. The summed E-state index contributed by atoms with van der Waals surface area (Å²) >= 11 is 0.562. The summed E-state index contributed by atoms with van der Waals surface area (Å²) in [5, 5.41) is 0. The van der Waals surface area contributed by atoms with Crippen LogP contribution in [0.3, 0.4) is 0 Å². The van der Waals surface area contributed by atoms with E-state index >= 15 is 0 Å². The maximum Gasteiger partial charge on any atom is 0.288 e. The molecule has 2 aromatic rings. The molecule has 0 heterocycles. The van der Waals surface area contributed by atoms with Crippen LogP contribution in [-0.2, 0) is 0 Å². The molecule has 0 N–H and O–H groups in total. The lowest BCUT2D eigenvalue weighted by atomic mass is 9.77. The third-order valence-electron chi connectivity index (χ3n) is 6.38. The number of hydrogen-bond donors (Lipinski definition) is 0. The van der Waals surface area contributed by atoms with Crippen LogP contribution in [0.15, 0.2) is 53.4 Å². The second-order valence-corrected chi connectivity index (χ2v) is 9.76. The third-order valence-corrected chi connectivity index (χ3v) is 7.10. The average molecular weight is 441 g/mol. The van der Waals surface area contributed by atoms with Gasteiger partial charge >= 0.3 is 0 Å². The molecule has 31 heavy (non-hydrogen) atoms. The van der Waals surface area contributed by atoms with Crippen molar-refractivity contribution >= 4 is 11.8 Å². The zero-order chi connectivity index (χ0) is 21.9. The molecule has 0 aliphatic heterocycles. The zero-order valence-electron chi connectivity index (χ0n) is 18.6. The fourth-order valence-corrected chi connectivity index (χ4v) is 5.02. The van der Waals surface area contributed by atoms with Crippen molar-refractivity contribution in [3.63, 3.8) is 0 Å². The Morgan fingerprint density at radius 3 is 1.97 bits per heavy atom. The van der Waals surface area contributed by atoms with Crippen molar-refractivity contribution in [2.45, 2.75) is 87.7 Å². The lowest BCUT2D eigenvalue weighted by molar-refractivity contribution is 0.252.